The van der Waals surface area contributed by atoms with E-state index < -0.39 is 0 Å². The average Bonchev–Trinajstić information content (AvgIpc) is 2.52. The molecule has 0 bridgehead atoms. The second kappa shape index (κ2) is 17.3. The van der Waals surface area contributed by atoms with Gasteiger partial charge in [0.05, 0.1) is 12.2 Å². The topological polar surface area (TPSA) is 29.5 Å². The monoisotopic (exact) mass is 314 g/mol. The maximum atomic E-state index is 10.4. The van der Waals surface area contributed by atoms with Crippen LogP contribution in [-0.4, -0.2) is 23.9 Å². The summed E-state index contributed by atoms with van der Waals surface area (Å²) in [5, 5.41) is 10.4. The van der Waals surface area contributed by atoms with Crippen LogP contribution in [0.15, 0.2) is 0 Å². The molecule has 0 saturated carbocycles. The molecular formula is C20H42O2. The van der Waals surface area contributed by atoms with E-state index >= 15 is 0 Å². The Balaban J connectivity index is 3.92. The van der Waals surface area contributed by atoms with E-state index in [9.17, 15) is 5.11 Å². The average molecular weight is 315 g/mol. The maximum absolute atomic E-state index is 10.4. The van der Waals surface area contributed by atoms with Crippen molar-refractivity contribution in [1.82, 2.24) is 0 Å². The van der Waals surface area contributed by atoms with Crippen LogP contribution in [0.3, 0.4) is 0 Å². The van der Waals surface area contributed by atoms with E-state index in [4.69, 9.17) is 4.74 Å². The first-order chi connectivity index (χ1) is 10.8. The van der Waals surface area contributed by atoms with Crippen molar-refractivity contribution in [2.45, 2.75) is 123 Å². The molecule has 0 aromatic heterocycles. The van der Waals surface area contributed by atoms with Crippen molar-refractivity contribution >= 4 is 0 Å². The van der Waals surface area contributed by atoms with Crippen LogP contribution in [0.5, 0.6) is 0 Å². The SMILES string of the molecule is CCCCCCCOC(CCCCCC)C(O)CCCCC. The molecule has 0 saturated heterocycles. The molecule has 0 aliphatic carbocycles. The molecule has 134 valence electrons. The van der Waals surface area contributed by atoms with Gasteiger partial charge in [-0.05, 0) is 19.3 Å². The Morgan fingerprint density at radius 3 is 1.77 bits per heavy atom. The van der Waals surface area contributed by atoms with Crippen LogP contribution in [0.4, 0.5) is 0 Å². The Kier molecular flexibility index (Phi) is 17.2. The van der Waals surface area contributed by atoms with E-state index in [1.54, 1.807) is 0 Å². The van der Waals surface area contributed by atoms with Gasteiger partial charge in [0.1, 0.15) is 0 Å². The molecule has 0 aliphatic rings. The molecule has 2 unspecified atom stereocenters. The standard InChI is InChI=1S/C20H42O2/c1-4-7-10-12-15-18-22-20(17-14-11-8-5-2)19(21)16-13-9-6-3/h19-21H,4-18H2,1-3H3. The quantitative estimate of drug-likeness (QED) is 0.321. The Labute approximate surface area is 140 Å². The second-order valence-corrected chi connectivity index (χ2v) is 6.74. The Morgan fingerprint density at radius 1 is 0.636 bits per heavy atom. The highest BCUT2D eigenvalue weighted by Gasteiger charge is 2.18. The number of unbranched alkanes of at least 4 members (excludes halogenated alkanes) is 9. The van der Waals surface area contributed by atoms with Crippen molar-refractivity contribution in [2.24, 2.45) is 0 Å². The van der Waals surface area contributed by atoms with Gasteiger partial charge in [-0.3, -0.25) is 0 Å². The Bertz CT molecular complexity index is 206. The Morgan fingerprint density at radius 2 is 1.14 bits per heavy atom. The number of aliphatic hydroxyl groups is 1. The van der Waals surface area contributed by atoms with Crippen molar-refractivity contribution in [3.05, 3.63) is 0 Å². The summed E-state index contributed by atoms with van der Waals surface area (Å²) in [6.45, 7) is 7.52. The van der Waals surface area contributed by atoms with Crippen molar-refractivity contribution < 1.29 is 9.84 Å². The molecule has 22 heavy (non-hydrogen) atoms. The van der Waals surface area contributed by atoms with Crippen LogP contribution in [0, 0.1) is 0 Å². The maximum Gasteiger partial charge on any atom is 0.0833 e. The number of hydrogen-bond donors (Lipinski definition) is 1. The van der Waals surface area contributed by atoms with Gasteiger partial charge in [-0.15, -0.1) is 0 Å². The van der Waals surface area contributed by atoms with Gasteiger partial charge in [0.2, 0.25) is 0 Å². The molecule has 0 fully saturated rings. The third-order valence-electron chi connectivity index (χ3n) is 4.45. The van der Waals surface area contributed by atoms with E-state index in [0.717, 1.165) is 32.3 Å². The van der Waals surface area contributed by atoms with E-state index in [-0.39, 0.29) is 12.2 Å². The van der Waals surface area contributed by atoms with Gasteiger partial charge in [0, 0.05) is 6.61 Å². The highest BCUT2D eigenvalue weighted by molar-refractivity contribution is 4.70. The van der Waals surface area contributed by atoms with E-state index in [1.165, 1.54) is 64.2 Å². The Hall–Kier alpha value is -0.0800. The first-order valence-electron chi connectivity index (χ1n) is 10.1. The van der Waals surface area contributed by atoms with Crippen LogP contribution in [0.1, 0.15) is 111 Å². The summed E-state index contributed by atoms with van der Waals surface area (Å²) in [5.74, 6) is 0. The molecule has 2 atom stereocenters. The van der Waals surface area contributed by atoms with Crippen LogP contribution in [-0.2, 0) is 4.74 Å². The third-order valence-corrected chi connectivity index (χ3v) is 4.45. The van der Waals surface area contributed by atoms with Gasteiger partial charge >= 0.3 is 0 Å². The van der Waals surface area contributed by atoms with Crippen molar-refractivity contribution in [2.75, 3.05) is 6.61 Å². The lowest BCUT2D eigenvalue weighted by molar-refractivity contribution is -0.0473. The van der Waals surface area contributed by atoms with Gasteiger partial charge < -0.3 is 9.84 Å². The van der Waals surface area contributed by atoms with Crippen molar-refractivity contribution in [1.29, 1.82) is 0 Å². The minimum atomic E-state index is -0.260. The lowest BCUT2D eigenvalue weighted by atomic mass is 10.0. The number of aliphatic hydroxyl groups excluding tert-OH is 1. The van der Waals surface area contributed by atoms with Crippen LogP contribution in [0.2, 0.25) is 0 Å². The summed E-state index contributed by atoms with van der Waals surface area (Å²) in [5.41, 5.74) is 0. The molecule has 0 aromatic rings. The van der Waals surface area contributed by atoms with Gasteiger partial charge in [-0.1, -0.05) is 91.4 Å². The first kappa shape index (κ1) is 21.9. The normalized spacial score (nSPS) is 14.2. The van der Waals surface area contributed by atoms with Crippen molar-refractivity contribution in [3.8, 4) is 0 Å². The van der Waals surface area contributed by atoms with Crippen LogP contribution in [0.25, 0.3) is 0 Å². The second-order valence-electron chi connectivity index (χ2n) is 6.74. The van der Waals surface area contributed by atoms with Gasteiger partial charge in [-0.2, -0.15) is 0 Å². The smallest absolute Gasteiger partial charge is 0.0833 e. The zero-order valence-electron chi connectivity index (χ0n) is 15.6. The highest BCUT2D eigenvalue weighted by atomic mass is 16.5. The molecule has 0 amide bonds. The largest absolute Gasteiger partial charge is 0.390 e. The summed E-state index contributed by atoms with van der Waals surface area (Å²) in [6.07, 6.45) is 16.7. The molecule has 0 spiro atoms. The van der Waals surface area contributed by atoms with E-state index in [0.29, 0.717) is 0 Å². The fourth-order valence-corrected chi connectivity index (χ4v) is 2.89. The highest BCUT2D eigenvalue weighted by Crippen LogP contribution is 2.17. The molecule has 2 heteroatoms. The van der Waals surface area contributed by atoms with Gasteiger partial charge in [0.25, 0.3) is 0 Å². The molecular weight excluding hydrogens is 272 g/mol. The fourth-order valence-electron chi connectivity index (χ4n) is 2.89. The van der Waals surface area contributed by atoms with Crippen molar-refractivity contribution in [3.63, 3.8) is 0 Å². The summed E-state index contributed by atoms with van der Waals surface area (Å²) in [4.78, 5) is 0. The zero-order valence-corrected chi connectivity index (χ0v) is 15.6. The molecule has 0 radical (unpaired) electrons. The predicted molar refractivity (Wildman–Crippen MR) is 97.4 cm³/mol. The molecule has 2 nitrogen and oxygen atoms in total. The van der Waals surface area contributed by atoms with E-state index in [2.05, 4.69) is 20.8 Å². The number of ether oxygens (including phenoxy) is 1. The predicted octanol–water partition coefficient (Wildman–Crippen LogP) is 6.25. The summed E-state index contributed by atoms with van der Waals surface area (Å²) >= 11 is 0. The minimum Gasteiger partial charge on any atom is -0.390 e. The first-order valence-corrected chi connectivity index (χ1v) is 10.1. The van der Waals surface area contributed by atoms with Crippen LogP contribution >= 0.6 is 0 Å². The molecule has 0 heterocycles. The zero-order chi connectivity index (χ0) is 16.5. The molecule has 0 rings (SSSR count). The van der Waals surface area contributed by atoms with Gasteiger partial charge in [0.15, 0.2) is 0 Å². The molecule has 0 aliphatic heterocycles. The summed E-state index contributed by atoms with van der Waals surface area (Å²) < 4.78 is 6.05. The molecule has 0 aromatic carbocycles. The summed E-state index contributed by atoms with van der Waals surface area (Å²) in [7, 11) is 0. The molecule has 1 N–H and O–H groups in total. The number of rotatable bonds is 17. The fraction of sp³-hybridized carbons (Fsp3) is 1.00. The third kappa shape index (κ3) is 13.6. The lowest BCUT2D eigenvalue weighted by Gasteiger charge is -2.23. The number of hydrogen-bond acceptors (Lipinski definition) is 2. The minimum absolute atomic E-state index is 0.0693. The van der Waals surface area contributed by atoms with Crippen LogP contribution < -0.4 is 0 Å². The lowest BCUT2D eigenvalue weighted by Crippen LogP contribution is -2.29. The van der Waals surface area contributed by atoms with E-state index in [1.807, 2.05) is 0 Å². The van der Waals surface area contributed by atoms with Gasteiger partial charge in [-0.25, -0.2) is 0 Å². The summed E-state index contributed by atoms with van der Waals surface area (Å²) in [6, 6.07) is 0.